The lowest BCUT2D eigenvalue weighted by molar-refractivity contribution is -0.148. The van der Waals surface area contributed by atoms with Crippen LogP contribution in [0.2, 0.25) is 0 Å². The van der Waals surface area contributed by atoms with E-state index in [4.69, 9.17) is 0 Å². The van der Waals surface area contributed by atoms with Crippen LogP contribution >= 0.6 is 0 Å². The van der Waals surface area contributed by atoms with E-state index in [1.165, 1.54) is 0 Å². The summed E-state index contributed by atoms with van der Waals surface area (Å²) in [6, 6.07) is -0.397. The largest absolute Gasteiger partial charge is 0.345 e. The predicted molar refractivity (Wildman–Crippen MR) is 70.1 cm³/mol. The number of hydrogen-bond acceptors (Lipinski definition) is 3. The van der Waals surface area contributed by atoms with Crippen molar-refractivity contribution in [3.63, 3.8) is 0 Å². The zero-order valence-electron chi connectivity index (χ0n) is 11.6. The fourth-order valence-corrected chi connectivity index (χ4v) is 2.37. The van der Waals surface area contributed by atoms with Gasteiger partial charge in [0.05, 0.1) is 12.7 Å². The van der Waals surface area contributed by atoms with Gasteiger partial charge in [-0.2, -0.15) is 5.10 Å². The summed E-state index contributed by atoms with van der Waals surface area (Å²) in [7, 11) is 0. The van der Waals surface area contributed by atoms with Gasteiger partial charge in [0.15, 0.2) is 0 Å². The van der Waals surface area contributed by atoms with Crippen molar-refractivity contribution in [1.29, 1.82) is 0 Å². The topological polar surface area (TPSA) is 67.2 Å². The van der Waals surface area contributed by atoms with E-state index in [0.717, 1.165) is 12.1 Å². The first kappa shape index (κ1) is 13.6. The minimum atomic E-state index is -0.397. The van der Waals surface area contributed by atoms with Crippen LogP contribution in [0.1, 0.15) is 26.3 Å². The van der Waals surface area contributed by atoms with Gasteiger partial charge in [0.2, 0.25) is 11.8 Å². The predicted octanol–water partition coefficient (Wildman–Crippen LogP) is 0.386. The quantitative estimate of drug-likeness (QED) is 0.855. The molecular weight excluding hydrogens is 244 g/mol. The molecule has 19 heavy (non-hydrogen) atoms. The van der Waals surface area contributed by atoms with Crippen molar-refractivity contribution in [3.05, 3.63) is 18.0 Å². The van der Waals surface area contributed by atoms with Crippen molar-refractivity contribution in [2.24, 2.45) is 5.92 Å². The van der Waals surface area contributed by atoms with Gasteiger partial charge in [-0.3, -0.25) is 14.3 Å². The van der Waals surface area contributed by atoms with Gasteiger partial charge < -0.3 is 10.2 Å². The van der Waals surface area contributed by atoms with E-state index in [0.29, 0.717) is 6.54 Å². The summed E-state index contributed by atoms with van der Waals surface area (Å²) in [5.41, 5.74) is 0.954. The maximum absolute atomic E-state index is 12.0. The molecule has 2 rings (SSSR count). The molecule has 0 bridgehead atoms. The third kappa shape index (κ3) is 2.77. The average molecular weight is 264 g/mol. The molecule has 1 unspecified atom stereocenters. The highest BCUT2D eigenvalue weighted by Crippen LogP contribution is 2.17. The van der Waals surface area contributed by atoms with Gasteiger partial charge in [-0.1, -0.05) is 13.8 Å². The highest BCUT2D eigenvalue weighted by Gasteiger charge is 2.36. The SMILES string of the molecule is CCn1cc(CN2C(=O)CNC(=O)C2C(C)C)cn1. The number of aryl methyl sites for hydroxylation is 1. The average Bonchev–Trinajstić information content (AvgIpc) is 2.81. The Morgan fingerprint density at radius 3 is 2.79 bits per heavy atom. The van der Waals surface area contributed by atoms with Gasteiger partial charge >= 0.3 is 0 Å². The van der Waals surface area contributed by atoms with Crippen molar-refractivity contribution in [1.82, 2.24) is 20.0 Å². The lowest BCUT2D eigenvalue weighted by atomic mass is 9.99. The highest BCUT2D eigenvalue weighted by molar-refractivity contribution is 5.94. The molecule has 1 saturated heterocycles. The number of amides is 2. The first-order valence-corrected chi connectivity index (χ1v) is 6.61. The Labute approximate surface area is 112 Å². The Morgan fingerprint density at radius 2 is 2.21 bits per heavy atom. The van der Waals surface area contributed by atoms with Crippen molar-refractivity contribution in [2.75, 3.05) is 6.54 Å². The molecule has 1 fully saturated rings. The lowest BCUT2D eigenvalue weighted by Crippen LogP contribution is -2.59. The van der Waals surface area contributed by atoms with Crippen molar-refractivity contribution >= 4 is 11.8 Å². The Balaban J connectivity index is 2.18. The lowest BCUT2D eigenvalue weighted by Gasteiger charge is -2.36. The minimum Gasteiger partial charge on any atom is -0.345 e. The number of nitrogens with zero attached hydrogens (tertiary/aromatic N) is 3. The monoisotopic (exact) mass is 264 g/mol. The third-order valence-corrected chi connectivity index (χ3v) is 3.33. The maximum atomic E-state index is 12.0. The van der Waals surface area contributed by atoms with Crippen LogP contribution in [0.25, 0.3) is 0 Å². The molecule has 1 aromatic rings. The van der Waals surface area contributed by atoms with Crippen LogP contribution in [0, 0.1) is 5.92 Å². The van der Waals surface area contributed by atoms with Crippen LogP contribution in [-0.2, 0) is 22.7 Å². The molecule has 0 spiro atoms. The molecule has 2 amide bonds. The highest BCUT2D eigenvalue weighted by atomic mass is 16.2. The fourth-order valence-electron chi connectivity index (χ4n) is 2.37. The van der Waals surface area contributed by atoms with Crippen LogP contribution in [-0.4, -0.2) is 39.1 Å². The summed E-state index contributed by atoms with van der Waals surface area (Å²) in [6.07, 6.45) is 3.66. The molecule has 0 aliphatic carbocycles. The van der Waals surface area contributed by atoms with Gasteiger partial charge in [0.1, 0.15) is 6.04 Å². The first-order valence-electron chi connectivity index (χ1n) is 6.61. The normalized spacial score (nSPS) is 20.0. The van der Waals surface area contributed by atoms with E-state index in [1.54, 1.807) is 11.1 Å². The van der Waals surface area contributed by atoms with E-state index >= 15 is 0 Å². The maximum Gasteiger partial charge on any atom is 0.243 e. The van der Waals surface area contributed by atoms with Crippen LogP contribution in [0.3, 0.4) is 0 Å². The van der Waals surface area contributed by atoms with Crippen LogP contribution in [0.4, 0.5) is 0 Å². The summed E-state index contributed by atoms with van der Waals surface area (Å²) in [5.74, 6) is -0.0227. The Kier molecular flexibility index (Phi) is 3.87. The minimum absolute atomic E-state index is 0.0393. The second-order valence-corrected chi connectivity index (χ2v) is 5.13. The summed E-state index contributed by atoms with van der Waals surface area (Å²) in [5, 5.41) is 6.84. The second kappa shape index (κ2) is 5.42. The number of carbonyl (C=O) groups is 2. The molecule has 6 heteroatoms. The van der Waals surface area contributed by atoms with Gasteiger partial charge in [-0.05, 0) is 12.8 Å². The number of nitrogens with one attached hydrogen (secondary N) is 1. The fraction of sp³-hybridized carbons (Fsp3) is 0.615. The van der Waals surface area contributed by atoms with Gasteiger partial charge in [0, 0.05) is 24.8 Å². The van der Waals surface area contributed by atoms with E-state index in [-0.39, 0.29) is 24.3 Å². The van der Waals surface area contributed by atoms with E-state index < -0.39 is 6.04 Å². The zero-order chi connectivity index (χ0) is 14.0. The Bertz CT molecular complexity index is 481. The smallest absolute Gasteiger partial charge is 0.243 e. The summed E-state index contributed by atoms with van der Waals surface area (Å²) < 4.78 is 1.81. The molecule has 0 radical (unpaired) electrons. The molecule has 2 heterocycles. The molecule has 1 aliphatic heterocycles. The van der Waals surface area contributed by atoms with E-state index in [9.17, 15) is 9.59 Å². The van der Waals surface area contributed by atoms with Crippen LogP contribution in [0.15, 0.2) is 12.4 Å². The third-order valence-electron chi connectivity index (χ3n) is 3.33. The van der Waals surface area contributed by atoms with Gasteiger partial charge in [-0.15, -0.1) is 0 Å². The molecule has 104 valence electrons. The van der Waals surface area contributed by atoms with Gasteiger partial charge in [0.25, 0.3) is 0 Å². The van der Waals surface area contributed by atoms with Crippen molar-refractivity contribution in [3.8, 4) is 0 Å². The first-order chi connectivity index (χ1) is 9.02. The molecule has 1 atom stereocenters. The second-order valence-electron chi connectivity index (χ2n) is 5.13. The van der Waals surface area contributed by atoms with Crippen molar-refractivity contribution in [2.45, 2.75) is 39.9 Å². The van der Waals surface area contributed by atoms with Crippen LogP contribution < -0.4 is 5.32 Å². The number of aromatic nitrogens is 2. The van der Waals surface area contributed by atoms with Crippen molar-refractivity contribution < 1.29 is 9.59 Å². The Morgan fingerprint density at radius 1 is 1.47 bits per heavy atom. The standard InChI is InChI=1S/C13H20N4O2/c1-4-16-7-10(5-15-16)8-17-11(18)6-14-13(19)12(17)9(2)3/h5,7,9,12H,4,6,8H2,1-3H3,(H,14,19). The molecule has 1 aliphatic rings. The molecule has 1 N–H and O–H groups in total. The van der Waals surface area contributed by atoms with E-state index in [2.05, 4.69) is 10.4 Å². The zero-order valence-corrected chi connectivity index (χ0v) is 11.6. The molecule has 0 aromatic carbocycles. The molecule has 0 saturated carbocycles. The molecule has 1 aromatic heterocycles. The number of carbonyl (C=O) groups excluding carboxylic acids is 2. The summed E-state index contributed by atoms with van der Waals surface area (Å²) in [6.45, 7) is 7.23. The molecule has 6 nitrogen and oxygen atoms in total. The van der Waals surface area contributed by atoms with E-state index in [1.807, 2.05) is 31.6 Å². The van der Waals surface area contributed by atoms with Gasteiger partial charge in [-0.25, -0.2) is 0 Å². The number of piperazine rings is 1. The number of hydrogen-bond donors (Lipinski definition) is 1. The Hall–Kier alpha value is -1.85. The number of rotatable bonds is 4. The van der Waals surface area contributed by atoms with Crippen LogP contribution in [0.5, 0.6) is 0 Å². The summed E-state index contributed by atoms with van der Waals surface area (Å²) in [4.78, 5) is 25.6. The molecular formula is C13H20N4O2. The summed E-state index contributed by atoms with van der Waals surface area (Å²) >= 11 is 0.